The summed E-state index contributed by atoms with van der Waals surface area (Å²) in [5.74, 6) is 1.17. The fraction of sp³-hybridized carbons (Fsp3) is 0.333. The third kappa shape index (κ3) is 4.22. The first-order chi connectivity index (χ1) is 10.5. The summed E-state index contributed by atoms with van der Waals surface area (Å²) in [4.78, 5) is 16.1. The van der Waals surface area contributed by atoms with E-state index in [4.69, 9.17) is 16.0 Å². The van der Waals surface area contributed by atoms with Gasteiger partial charge in [-0.1, -0.05) is 23.7 Å². The maximum absolute atomic E-state index is 11.9. The van der Waals surface area contributed by atoms with E-state index < -0.39 is 12.1 Å². The average molecular weight is 324 g/mol. The Balaban J connectivity index is 1.90. The van der Waals surface area contributed by atoms with E-state index in [9.17, 15) is 9.90 Å². The van der Waals surface area contributed by atoms with Crippen LogP contribution in [0.25, 0.3) is 0 Å². The zero-order valence-corrected chi connectivity index (χ0v) is 13.1. The van der Waals surface area contributed by atoms with Gasteiger partial charge in [-0.15, -0.1) is 0 Å². The number of hydrogen-bond acceptors (Lipinski definition) is 4. The van der Waals surface area contributed by atoms with Crippen LogP contribution in [-0.2, 0) is 6.54 Å². The van der Waals surface area contributed by atoms with Crippen molar-refractivity contribution in [3.8, 4) is 0 Å². The summed E-state index contributed by atoms with van der Waals surface area (Å²) in [5, 5.41) is 15.3. The number of carbonyl (C=O) groups is 1. The molecule has 0 aliphatic heterocycles. The number of hydrogen-bond donors (Lipinski definition) is 3. The quantitative estimate of drug-likeness (QED) is 0.789. The van der Waals surface area contributed by atoms with E-state index in [-0.39, 0.29) is 13.2 Å². The standard InChI is InChI=1S/C15H18ClN3O3/c1-9-10(2)22-14(18-9)7-17-15(21)19-13(8-20)11-3-5-12(16)6-4-11/h3-6,13,20H,7-8H2,1-2H3,(H2,17,19,21). The molecule has 0 aliphatic rings. The Morgan fingerprint density at radius 2 is 2.05 bits per heavy atom. The minimum atomic E-state index is -0.509. The number of nitrogens with one attached hydrogen (secondary N) is 2. The Morgan fingerprint density at radius 1 is 1.36 bits per heavy atom. The molecule has 1 aromatic heterocycles. The van der Waals surface area contributed by atoms with Crippen molar-refractivity contribution in [1.29, 1.82) is 0 Å². The molecule has 2 aromatic rings. The normalized spacial score (nSPS) is 12.0. The first kappa shape index (κ1) is 16.3. The van der Waals surface area contributed by atoms with Crippen LogP contribution in [0, 0.1) is 13.8 Å². The molecule has 1 atom stereocenters. The highest BCUT2D eigenvalue weighted by Crippen LogP contribution is 2.16. The molecule has 2 rings (SSSR count). The number of carbonyl (C=O) groups excluding carboxylic acids is 1. The van der Waals surface area contributed by atoms with E-state index >= 15 is 0 Å². The van der Waals surface area contributed by atoms with Crippen LogP contribution in [-0.4, -0.2) is 22.7 Å². The number of aliphatic hydroxyl groups excluding tert-OH is 1. The second-order valence-corrected chi connectivity index (χ2v) is 5.30. The van der Waals surface area contributed by atoms with Crippen LogP contribution in [0.1, 0.15) is 29.0 Å². The number of urea groups is 1. The molecule has 2 amide bonds. The molecular weight excluding hydrogens is 306 g/mol. The van der Waals surface area contributed by atoms with Gasteiger partial charge in [-0.05, 0) is 31.5 Å². The van der Waals surface area contributed by atoms with Gasteiger partial charge in [0, 0.05) is 5.02 Å². The summed E-state index contributed by atoms with van der Waals surface area (Å²) in [7, 11) is 0. The summed E-state index contributed by atoms with van der Waals surface area (Å²) in [6.07, 6.45) is 0. The van der Waals surface area contributed by atoms with Gasteiger partial charge in [0.1, 0.15) is 5.76 Å². The highest BCUT2D eigenvalue weighted by atomic mass is 35.5. The molecule has 0 fully saturated rings. The Labute approximate surface area is 133 Å². The zero-order chi connectivity index (χ0) is 16.1. The van der Waals surface area contributed by atoms with Gasteiger partial charge in [0.25, 0.3) is 0 Å². The van der Waals surface area contributed by atoms with Crippen molar-refractivity contribution in [2.24, 2.45) is 0 Å². The third-order valence-corrected chi connectivity index (χ3v) is 3.49. The second kappa shape index (κ2) is 7.29. The molecule has 0 spiro atoms. The van der Waals surface area contributed by atoms with Crippen LogP contribution in [0.2, 0.25) is 5.02 Å². The SMILES string of the molecule is Cc1nc(CNC(=O)NC(CO)c2ccc(Cl)cc2)oc1C. The van der Waals surface area contributed by atoms with Crippen LogP contribution in [0.4, 0.5) is 4.79 Å². The van der Waals surface area contributed by atoms with E-state index in [1.165, 1.54) is 0 Å². The van der Waals surface area contributed by atoms with Gasteiger partial charge < -0.3 is 20.2 Å². The third-order valence-electron chi connectivity index (χ3n) is 3.23. The van der Waals surface area contributed by atoms with Gasteiger partial charge in [0.05, 0.1) is 24.9 Å². The minimum Gasteiger partial charge on any atom is -0.444 e. The lowest BCUT2D eigenvalue weighted by atomic mass is 10.1. The van der Waals surface area contributed by atoms with Crippen LogP contribution in [0.5, 0.6) is 0 Å². The lowest BCUT2D eigenvalue weighted by Gasteiger charge is -2.17. The highest BCUT2D eigenvalue weighted by Gasteiger charge is 2.14. The van der Waals surface area contributed by atoms with E-state index in [0.717, 1.165) is 17.0 Å². The molecule has 118 valence electrons. The Kier molecular flexibility index (Phi) is 5.41. The molecule has 0 saturated heterocycles. The van der Waals surface area contributed by atoms with Crippen LogP contribution in [0.3, 0.4) is 0 Å². The summed E-state index contributed by atoms with van der Waals surface area (Å²) >= 11 is 5.82. The van der Waals surface area contributed by atoms with Gasteiger partial charge in [-0.2, -0.15) is 0 Å². The maximum atomic E-state index is 11.9. The van der Waals surface area contributed by atoms with Crippen molar-refractivity contribution >= 4 is 17.6 Å². The van der Waals surface area contributed by atoms with E-state index in [2.05, 4.69) is 15.6 Å². The van der Waals surface area contributed by atoms with Crippen LogP contribution in [0.15, 0.2) is 28.7 Å². The molecule has 22 heavy (non-hydrogen) atoms. The molecule has 0 aliphatic carbocycles. The molecule has 0 saturated carbocycles. The minimum absolute atomic E-state index is 0.180. The first-order valence-corrected chi connectivity index (χ1v) is 7.21. The molecule has 0 radical (unpaired) electrons. The highest BCUT2D eigenvalue weighted by molar-refractivity contribution is 6.30. The summed E-state index contributed by atoms with van der Waals surface area (Å²) in [5.41, 5.74) is 1.57. The number of aromatic nitrogens is 1. The van der Waals surface area contributed by atoms with Crippen molar-refractivity contribution in [3.63, 3.8) is 0 Å². The van der Waals surface area contributed by atoms with Crippen molar-refractivity contribution in [1.82, 2.24) is 15.6 Å². The van der Waals surface area contributed by atoms with Crippen LogP contribution >= 0.6 is 11.6 Å². The number of halogens is 1. The zero-order valence-electron chi connectivity index (χ0n) is 12.4. The molecule has 6 nitrogen and oxygen atoms in total. The molecular formula is C15H18ClN3O3. The lowest BCUT2D eigenvalue weighted by Crippen LogP contribution is -2.38. The van der Waals surface area contributed by atoms with Gasteiger partial charge >= 0.3 is 6.03 Å². The Hall–Kier alpha value is -2.05. The topological polar surface area (TPSA) is 87.4 Å². The van der Waals surface area contributed by atoms with Crippen molar-refractivity contribution in [2.45, 2.75) is 26.4 Å². The van der Waals surface area contributed by atoms with E-state index in [1.54, 1.807) is 24.3 Å². The first-order valence-electron chi connectivity index (χ1n) is 6.83. The molecule has 1 heterocycles. The second-order valence-electron chi connectivity index (χ2n) is 4.86. The largest absolute Gasteiger partial charge is 0.444 e. The molecule has 7 heteroatoms. The Bertz CT molecular complexity index is 620. The summed E-state index contributed by atoms with van der Waals surface area (Å²) in [6.45, 7) is 3.62. The van der Waals surface area contributed by atoms with Crippen molar-refractivity contribution in [2.75, 3.05) is 6.61 Å². The predicted octanol–water partition coefficient (Wildman–Crippen LogP) is 2.48. The lowest BCUT2D eigenvalue weighted by molar-refractivity contribution is 0.216. The number of rotatable bonds is 5. The number of aliphatic hydroxyl groups is 1. The average Bonchev–Trinajstić information content (AvgIpc) is 2.82. The van der Waals surface area contributed by atoms with Gasteiger partial charge in [0.15, 0.2) is 0 Å². The van der Waals surface area contributed by atoms with Gasteiger partial charge in [0.2, 0.25) is 5.89 Å². The molecule has 0 bridgehead atoms. The number of amides is 2. The summed E-state index contributed by atoms with van der Waals surface area (Å²) < 4.78 is 5.38. The van der Waals surface area contributed by atoms with Crippen molar-refractivity contribution in [3.05, 3.63) is 52.2 Å². The smallest absolute Gasteiger partial charge is 0.315 e. The van der Waals surface area contributed by atoms with Gasteiger partial charge in [-0.3, -0.25) is 0 Å². The molecule has 1 unspecified atom stereocenters. The molecule has 1 aromatic carbocycles. The van der Waals surface area contributed by atoms with Gasteiger partial charge in [-0.25, -0.2) is 9.78 Å². The fourth-order valence-electron chi connectivity index (χ4n) is 1.91. The predicted molar refractivity (Wildman–Crippen MR) is 82.6 cm³/mol. The fourth-order valence-corrected chi connectivity index (χ4v) is 2.04. The van der Waals surface area contributed by atoms with E-state index in [1.807, 2.05) is 13.8 Å². The molecule has 3 N–H and O–H groups in total. The number of benzene rings is 1. The van der Waals surface area contributed by atoms with Crippen LogP contribution < -0.4 is 10.6 Å². The monoisotopic (exact) mass is 323 g/mol. The number of oxazole rings is 1. The number of aryl methyl sites for hydroxylation is 2. The Morgan fingerprint density at radius 3 is 2.59 bits per heavy atom. The number of nitrogens with zero attached hydrogens (tertiary/aromatic N) is 1. The van der Waals surface area contributed by atoms with Crippen molar-refractivity contribution < 1.29 is 14.3 Å². The van der Waals surface area contributed by atoms with E-state index in [0.29, 0.717) is 10.9 Å². The summed E-state index contributed by atoms with van der Waals surface area (Å²) in [6, 6.07) is 6.00. The maximum Gasteiger partial charge on any atom is 0.315 e.